The van der Waals surface area contributed by atoms with Gasteiger partial charge in [-0.2, -0.15) is 0 Å². The predicted octanol–water partition coefficient (Wildman–Crippen LogP) is 3.24. The average Bonchev–Trinajstić information content (AvgIpc) is 2.97. The fourth-order valence-corrected chi connectivity index (χ4v) is 6.44. The number of fused-ring (bicyclic) bond motifs is 3. The summed E-state index contributed by atoms with van der Waals surface area (Å²) in [7, 11) is 0. The summed E-state index contributed by atoms with van der Waals surface area (Å²) < 4.78 is 18.5. The Bertz CT molecular complexity index is 1610. The summed E-state index contributed by atoms with van der Waals surface area (Å²) in [6, 6.07) is 15.3. The van der Waals surface area contributed by atoms with Gasteiger partial charge in [0.15, 0.2) is 23.6 Å². The van der Waals surface area contributed by atoms with Crippen LogP contribution in [0.2, 0.25) is 0 Å². The zero-order valence-electron chi connectivity index (χ0n) is 23.8. The number of Topliss-reactive ketones (excluding diaryl/α,β-unsaturated/α-hetero) is 1. The van der Waals surface area contributed by atoms with Crippen molar-refractivity contribution in [3.05, 3.63) is 93.5 Å². The van der Waals surface area contributed by atoms with Crippen LogP contribution in [0.4, 0.5) is 0 Å². The van der Waals surface area contributed by atoms with Gasteiger partial charge in [0.05, 0.1) is 36.0 Å². The monoisotopic (exact) mass is 587 g/mol. The maximum atomic E-state index is 13.5. The van der Waals surface area contributed by atoms with E-state index in [-0.39, 0.29) is 52.6 Å². The number of hydrogen-bond donors (Lipinski definition) is 4. The van der Waals surface area contributed by atoms with E-state index in [1.165, 1.54) is 19.1 Å². The Balaban J connectivity index is 1.33. The van der Waals surface area contributed by atoms with Crippen LogP contribution in [-0.2, 0) is 32.0 Å². The molecule has 10 nitrogen and oxygen atoms in total. The topological polar surface area (TPSA) is 166 Å². The largest absolute Gasteiger partial charge is 0.507 e. The minimum absolute atomic E-state index is 0.0231. The number of carbonyl (C=O) groups is 3. The van der Waals surface area contributed by atoms with Crippen molar-refractivity contribution in [3.8, 4) is 11.5 Å². The number of phenolic OH excluding ortho intramolecular Hbond substituents is 2. The zero-order chi connectivity index (χ0) is 30.6. The van der Waals surface area contributed by atoms with Gasteiger partial charge in [-0.1, -0.05) is 54.6 Å². The van der Waals surface area contributed by atoms with Gasteiger partial charge in [-0.05, 0) is 19.4 Å². The van der Waals surface area contributed by atoms with Crippen molar-refractivity contribution in [2.75, 3.05) is 0 Å². The van der Waals surface area contributed by atoms with Gasteiger partial charge in [-0.15, -0.1) is 0 Å². The highest BCUT2D eigenvalue weighted by Gasteiger charge is 2.49. The summed E-state index contributed by atoms with van der Waals surface area (Å²) >= 11 is 0. The first-order chi connectivity index (χ1) is 20.5. The second-order valence-electron chi connectivity index (χ2n) is 11.6. The molecular formula is C33H33NO9. The number of aromatic hydroxyl groups is 2. The predicted molar refractivity (Wildman–Crippen MR) is 153 cm³/mol. The highest BCUT2D eigenvalue weighted by molar-refractivity contribution is 6.30. The zero-order valence-corrected chi connectivity index (χ0v) is 23.8. The van der Waals surface area contributed by atoms with Gasteiger partial charge in [0.25, 0.3) is 0 Å². The Morgan fingerprint density at radius 3 is 2.21 bits per heavy atom. The molecule has 224 valence electrons. The van der Waals surface area contributed by atoms with Crippen molar-refractivity contribution in [2.45, 2.75) is 76.0 Å². The van der Waals surface area contributed by atoms with Gasteiger partial charge in [0, 0.05) is 47.6 Å². The molecule has 0 amide bonds. The van der Waals surface area contributed by atoms with Crippen LogP contribution in [0.5, 0.6) is 11.5 Å². The molecule has 3 aliphatic rings. The van der Waals surface area contributed by atoms with Crippen LogP contribution in [0.15, 0.2) is 54.6 Å². The van der Waals surface area contributed by atoms with E-state index >= 15 is 0 Å². The number of carbonyl (C=O) groups excluding carboxylic acids is 3. The van der Waals surface area contributed by atoms with E-state index in [4.69, 9.17) is 19.9 Å². The fraction of sp³-hybridized carbons (Fsp3) is 0.364. The van der Waals surface area contributed by atoms with E-state index in [0.29, 0.717) is 6.61 Å². The first-order valence-electron chi connectivity index (χ1n) is 14.2. The van der Waals surface area contributed by atoms with Gasteiger partial charge in [-0.25, -0.2) is 0 Å². The molecule has 6 atom stereocenters. The van der Waals surface area contributed by atoms with E-state index in [0.717, 1.165) is 5.56 Å². The number of aliphatic hydroxyl groups is 1. The number of rotatable bonds is 6. The normalized spacial score (nSPS) is 28.1. The molecular weight excluding hydrogens is 554 g/mol. The minimum Gasteiger partial charge on any atom is -0.507 e. The molecule has 1 aliphatic heterocycles. The Morgan fingerprint density at radius 1 is 1.00 bits per heavy atom. The molecule has 1 fully saturated rings. The van der Waals surface area contributed by atoms with Gasteiger partial charge in [0.1, 0.15) is 17.1 Å². The number of phenols is 2. The van der Waals surface area contributed by atoms with Crippen molar-refractivity contribution in [1.29, 1.82) is 0 Å². The molecule has 3 aromatic carbocycles. The lowest BCUT2D eigenvalue weighted by Gasteiger charge is -2.43. The van der Waals surface area contributed by atoms with Gasteiger partial charge in [-0.3, -0.25) is 14.4 Å². The molecule has 0 aromatic heterocycles. The van der Waals surface area contributed by atoms with E-state index in [9.17, 15) is 29.7 Å². The van der Waals surface area contributed by atoms with Crippen molar-refractivity contribution < 1.29 is 43.9 Å². The van der Waals surface area contributed by atoms with Crippen molar-refractivity contribution in [2.24, 2.45) is 5.73 Å². The lowest BCUT2D eigenvalue weighted by molar-refractivity contribution is -0.254. The summed E-state index contributed by atoms with van der Waals surface area (Å²) in [5.74, 6) is -2.97. The molecule has 4 unspecified atom stereocenters. The Kier molecular flexibility index (Phi) is 7.44. The minimum atomic E-state index is -1.97. The summed E-state index contributed by atoms with van der Waals surface area (Å²) in [6.45, 7) is 3.35. The van der Waals surface area contributed by atoms with Gasteiger partial charge >= 0.3 is 0 Å². The van der Waals surface area contributed by atoms with Crippen molar-refractivity contribution in [3.63, 3.8) is 0 Å². The Labute approximate surface area is 248 Å². The van der Waals surface area contributed by atoms with Crippen molar-refractivity contribution in [1.82, 2.24) is 0 Å². The fourth-order valence-electron chi connectivity index (χ4n) is 6.44. The van der Waals surface area contributed by atoms with Crippen LogP contribution < -0.4 is 5.73 Å². The van der Waals surface area contributed by atoms with Crippen LogP contribution in [0.1, 0.15) is 81.3 Å². The second kappa shape index (κ2) is 11.0. The maximum absolute atomic E-state index is 13.5. The first-order valence-corrected chi connectivity index (χ1v) is 14.2. The van der Waals surface area contributed by atoms with Crippen LogP contribution in [-0.4, -0.2) is 62.8 Å². The lowest BCUT2D eigenvalue weighted by atomic mass is 9.72. The smallest absolute Gasteiger partial charge is 0.198 e. The quantitative estimate of drug-likeness (QED) is 0.246. The lowest BCUT2D eigenvalue weighted by Crippen LogP contribution is -2.53. The van der Waals surface area contributed by atoms with Gasteiger partial charge in [0.2, 0.25) is 0 Å². The number of hydrogen-bond acceptors (Lipinski definition) is 10. The molecule has 5 N–H and O–H groups in total. The average molecular weight is 588 g/mol. The van der Waals surface area contributed by atoms with Crippen molar-refractivity contribution >= 4 is 17.3 Å². The van der Waals surface area contributed by atoms with E-state index in [2.05, 4.69) is 0 Å². The number of ether oxygens (including phenoxy) is 3. The van der Waals surface area contributed by atoms with Crippen LogP contribution in [0, 0.1) is 0 Å². The van der Waals surface area contributed by atoms with E-state index in [1.54, 1.807) is 19.1 Å². The molecule has 0 radical (unpaired) electrons. The second-order valence-corrected chi connectivity index (χ2v) is 11.6. The third kappa shape index (κ3) is 4.95. The number of ketones is 3. The van der Waals surface area contributed by atoms with Gasteiger partial charge < -0.3 is 35.3 Å². The van der Waals surface area contributed by atoms with Crippen LogP contribution in [0.3, 0.4) is 0 Å². The summed E-state index contributed by atoms with van der Waals surface area (Å²) in [6.07, 6.45) is -3.52. The molecule has 10 heteroatoms. The Morgan fingerprint density at radius 2 is 1.60 bits per heavy atom. The highest BCUT2D eigenvalue weighted by atomic mass is 16.7. The van der Waals surface area contributed by atoms with Crippen LogP contribution in [0.25, 0.3) is 0 Å². The molecule has 0 saturated carbocycles. The van der Waals surface area contributed by atoms with E-state index in [1.807, 2.05) is 30.3 Å². The standard InChI is InChI=1S/C33H33NO9/c1-16-32(41-15-18-8-4-3-5-9-18)22(34)12-24(42-16)43-23-14-33(40,17(2)35)13-21-25(23)31(39)27-26(30(21)38)28(36)19-10-6-7-11-20(19)29(27)37/h3-11,16,22-24,32,38-40H,12-15,34H2,1-2H3/t16?,22?,23-,24?,32?,33-/m0/s1. The third-order valence-corrected chi connectivity index (χ3v) is 8.75. The molecule has 2 aliphatic carbocycles. The van der Waals surface area contributed by atoms with Crippen LogP contribution >= 0.6 is 0 Å². The molecule has 0 bridgehead atoms. The van der Waals surface area contributed by atoms with E-state index < -0.39 is 65.1 Å². The number of benzene rings is 3. The summed E-state index contributed by atoms with van der Waals surface area (Å²) in [5.41, 5.74) is 4.96. The summed E-state index contributed by atoms with van der Waals surface area (Å²) in [5, 5.41) is 34.3. The molecule has 1 saturated heterocycles. The number of nitrogens with two attached hydrogens (primary N) is 1. The maximum Gasteiger partial charge on any atom is 0.198 e. The first kappa shape index (κ1) is 29.2. The molecule has 43 heavy (non-hydrogen) atoms. The molecule has 3 aromatic rings. The SMILES string of the molecule is CC(=O)[C@]1(O)Cc2c(O)c3c(c(O)c2[C@@H](OC2CC(N)C(OCc4ccccc4)C(C)O2)C1)C(=O)c1ccccc1C3=O. The summed E-state index contributed by atoms with van der Waals surface area (Å²) in [4.78, 5) is 39.6. The molecule has 6 rings (SSSR count). The highest BCUT2D eigenvalue weighted by Crippen LogP contribution is 2.52. The third-order valence-electron chi connectivity index (χ3n) is 8.75. The molecule has 0 spiro atoms. The Hall–Kier alpha value is -3.93. The molecule has 1 heterocycles.